The van der Waals surface area contributed by atoms with E-state index in [1.165, 1.54) is 0 Å². The van der Waals surface area contributed by atoms with Crippen molar-refractivity contribution in [3.05, 3.63) is 71.6 Å². The third-order valence-corrected chi connectivity index (χ3v) is 5.26. The maximum atomic E-state index is 12.8. The van der Waals surface area contributed by atoms with Crippen molar-refractivity contribution in [2.45, 2.75) is 13.5 Å². The van der Waals surface area contributed by atoms with Gasteiger partial charge < -0.3 is 14.1 Å². The van der Waals surface area contributed by atoms with Gasteiger partial charge in [-0.1, -0.05) is 24.3 Å². The van der Waals surface area contributed by atoms with Crippen LogP contribution in [0.5, 0.6) is 5.75 Å². The molecule has 4 rings (SSSR count). The summed E-state index contributed by atoms with van der Waals surface area (Å²) < 4.78 is 11.1. The molecule has 1 saturated heterocycles. The van der Waals surface area contributed by atoms with Crippen LogP contribution in [0.15, 0.2) is 59.0 Å². The Bertz CT molecular complexity index is 976. The van der Waals surface area contributed by atoms with Crippen LogP contribution in [0.2, 0.25) is 0 Å². The topological polar surface area (TPSA) is 58.8 Å². The molecule has 0 N–H and O–H groups in total. The van der Waals surface area contributed by atoms with Gasteiger partial charge in [-0.2, -0.15) is 0 Å². The number of aryl methyl sites for hydroxylation is 1. The number of nitrogens with zero attached hydrogens (tertiary/aromatic N) is 3. The summed E-state index contributed by atoms with van der Waals surface area (Å²) in [4.78, 5) is 21.7. The number of hydrogen-bond donors (Lipinski definition) is 0. The van der Waals surface area contributed by atoms with Gasteiger partial charge >= 0.3 is 0 Å². The van der Waals surface area contributed by atoms with Gasteiger partial charge in [0, 0.05) is 43.9 Å². The Labute approximate surface area is 170 Å². The van der Waals surface area contributed by atoms with Gasteiger partial charge in [-0.15, -0.1) is 0 Å². The van der Waals surface area contributed by atoms with E-state index < -0.39 is 0 Å². The molecule has 150 valence electrons. The van der Waals surface area contributed by atoms with Crippen molar-refractivity contribution in [2.24, 2.45) is 0 Å². The Morgan fingerprint density at radius 1 is 1.07 bits per heavy atom. The summed E-state index contributed by atoms with van der Waals surface area (Å²) in [7, 11) is 1.61. The van der Waals surface area contributed by atoms with Gasteiger partial charge in [-0.25, -0.2) is 4.98 Å². The lowest BCUT2D eigenvalue weighted by Crippen LogP contribution is -2.48. The Morgan fingerprint density at radius 2 is 1.83 bits per heavy atom. The van der Waals surface area contributed by atoms with E-state index in [0.29, 0.717) is 30.3 Å². The molecule has 2 heterocycles. The molecule has 0 bridgehead atoms. The minimum absolute atomic E-state index is 0.0486. The molecule has 6 nitrogen and oxygen atoms in total. The molecule has 1 aliphatic rings. The molecular weight excluding hydrogens is 366 g/mol. The summed E-state index contributed by atoms with van der Waals surface area (Å²) in [5.74, 6) is 2.25. The van der Waals surface area contributed by atoms with Gasteiger partial charge in [0.2, 0.25) is 5.89 Å². The molecule has 29 heavy (non-hydrogen) atoms. The molecule has 1 aromatic heterocycles. The number of benzene rings is 2. The zero-order valence-corrected chi connectivity index (χ0v) is 16.8. The molecule has 3 aromatic rings. The highest BCUT2D eigenvalue weighted by Gasteiger charge is 2.24. The lowest BCUT2D eigenvalue weighted by molar-refractivity contribution is 0.0626. The molecule has 1 aliphatic heterocycles. The number of aromatic nitrogens is 1. The van der Waals surface area contributed by atoms with Gasteiger partial charge in [0.25, 0.3) is 5.91 Å². The van der Waals surface area contributed by atoms with Crippen molar-refractivity contribution >= 4 is 5.91 Å². The van der Waals surface area contributed by atoms with Gasteiger partial charge in [-0.05, 0) is 37.3 Å². The summed E-state index contributed by atoms with van der Waals surface area (Å²) in [6, 6.07) is 17.3. The fraction of sp³-hybridized carbons (Fsp3) is 0.304. The average Bonchev–Trinajstić information content (AvgIpc) is 3.14. The standard InChI is InChI=1S/C23H25N3O3/c1-17-21(24-22(29-17)18-7-4-3-5-8-18)16-25-11-13-26(14-12-25)23(27)19-9-6-10-20(15-19)28-2/h3-10,15H,11-14,16H2,1-2H3. The van der Waals surface area contributed by atoms with Crippen molar-refractivity contribution < 1.29 is 13.9 Å². The van der Waals surface area contributed by atoms with Crippen LogP contribution in [0.3, 0.4) is 0 Å². The maximum Gasteiger partial charge on any atom is 0.254 e. The number of ether oxygens (including phenoxy) is 1. The number of methoxy groups -OCH3 is 1. The van der Waals surface area contributed by atoms with Crippen LogP contribution in [-0.2, 0) is 6.54 Å². The van der Waals surface area contributed by atoms with E-state index in [9.17, 15) is 4.79 Å². The minimum Gasteiger partial charge on any atom is -0.497 e. The second-order valence-electron chi connectivity index (χ2n) is 7.19. The van der Waals surface area contributed by atoms with E-state index in [4.69, 9.17) is 14.1 Å². The SMILES string of the molecule is COc1cccc(C(=O)N2CCN(Cc3nc(-c4ccccc4)oc3C)CC2)c1. The van der Waals surface area contributed by atoms with Crippen LogP contribution in [0.25, 0.3) is 11.5 Å². The number of carbonyl (C=O) groups excluding carboxylic acids is 1. The first kappa shape index (κ1) is 19.2. The normalized spacial score (nSPS) is 14.8. The van der Waals surface area contributed by atoms with E-state index in [1.54, 1.807) is 13.2 Å². The van der Waals surface area contributed by atoms with E-state index in [-0.39, 0.29) is 5.91 Å². The average molecular weight is 391 g/mol. The van der Waals surface area contributed by atoms with Gasteiger partial charge in [0.1, 0.15) is 11.5 Å². The first-order valence-electron chi connectivity index (χ1n) is 9.81. The molecule has 0 saturated carbocycles. The number of oxazole rings is 1. The van der Waals surface area contributed by atoms with E-state index in [2.05, 4.69) is 4.90 Å². The lowest BCUT2D eigenvalue weighted by atomic mass is 10.1. The van der Waals surface area contributed by atoms with E-state index >= 15 is 0 Å². The van der Waals surface area contributed by atoms with Crippen LogP contribution in [0, 0.1) is 6.92 Å². The highest BCUT2D eigenvalue weighted by atomic mass is 16.5. The Hall–Kier alpha value is -3.12. The molecule has 0 spiro atoms. The van der Waals surface area contributed by atoms with E-state index in [1.807, 2.05) is 60.4 Å². The second-order valence-corrected chi connectivity index (χ2v) is 7.19. The lowest BCUT2D eigenvalue weighted by Gasteiger charge is -2.34. The Morgan fingerprint density at radius 3 is 2.55 bits per heavy atom. The fourth-order valence-corrected chi connectivity index (χ4v) is 3.54. The first-order valence-corrected chi connectivity index (χ1v) is 9.81. The molecular formula is C23H25N3O3. The van der Waals surface area contributed by atoms with Crippen molar-refractivity contribution in [1.29, 1.82) is 0 Å². The molecule has 0 unspecified atom stereocenters. The Balaban J connectivity index is 1.37. The number of rotatable bonds is 5. The maximum absolute atomic E-state index is 12.8. The van der Waals surface area contributed by atoms with Crippen molar-refractivity contribution in [1.82, 2.24) is 14.8 Å². The molecule has 0 aliphatic carbocycles. The predicted octanol–water partition coefficient (Wildman–Crippen LogP) is 3.62. The minimum atomic E-state index is 0.0486. The molecule has 6 heteroatoms. The van der Waals surface area contributed by atoms with Crippen molar-refractivity contribution in [3.8, 4) is 17.2 Å². The van der Waals surface area contributed by atoms with Crippen LogP contribution in [0.4, 0.5) is 0 Å². The van der Waals surface area contributed by atoms with Gasteiger partial charge in [0.15, 0.2) is 0 Å². The summed E-state index contributed by atoms with van der Waals surface area (Å²) in [5.41, 5.74) is 2.60. The van der Waals surface area contributed by atoms with E-state index in [0.717, 1.165) is 36.7 Å². The van der Waals surface area contributed by atoms with Crippen LogP contribution < -0.4 is 4.74 Å². The monoisotopic (exact) mass is 391 g/mol. The zero-order chi connectivity index (χ0) is 20.2. The Kier molecular flexibility index (Phi) is 5.62. The predicted molar refractivity (Wildman–Crippen MR) is 111 cm³/mol. The molecule has 1 amide bonds. The molecule has 2 aromatic carbocycles. The van der Waals surface area contributed by atoms with Crippen LogP contribution in [0.1, 0.15) is 21.8 Å². The van der Waals surface area contributed by atoms with Crippen LogP contribution >= 0.6 is 0 Å². The number of hydrogen-bond acceptors (Lipinski definition) is 5. The first-order chi connectivity index (χ1) is 14.1. The number of amides is 1. The third kappa shape index (κ3) is 4.32. The smallest absolute Gasteiger partial charge is 0.254 e. The summed E-state index contributed by atoms with van der Waals surface area (Å²) in [6.45, 7) is 5.68. The highest BCUT2D eigenvalue weighted by Crippen LogP contribution is 2.23. The van der Waals surface area contributed by atoms with Crippen molar-refractivity contribution in [2.75, 3.05) is 33.3 Å². The highest BCUT2D eigenvalue weighted by molar-refractivity contribution is 5.94. The summed E-state index contributed by atoms with van der Waals surface area (Å²) in [5, 5.41) is 0. The molecule has 1 fully saturated rings. The van der Waals surface area contributed by atoms with Gasteiger partial charge in [0.05, 0.1) is 12.8 Å². The third-order valence-electron chi connectivity index (χ3n) is 5.26. The quantitative estimate of drug-likeness (QED) is 0.665. The fourth-order valence-electron chi connectivity index (χ4n) is 3.54. The zero-order valence-electron chi connectivity index (χ0n) is 16.8. The van der Waals surface area contributed by atoms with Gasteiger partial charge in [-0.3, -0.25) is 9.69 Å². The second kappa shape index (κ2) is 8.49. The summed E-state index contributed by atoms with van der Waals surface area (Å²) >= 11 is 0. The number of carbonyl (C=O) groups is 1. The van der Waals surface area contributed by atoms with Crippen LogP contribution in [-0.4, -0.2) is 54.0 Å². The largest absolute Gasteiger partial charge is 0.497 e. The number of piperazine rings is 1. The summed E-state index contributed by atoms with van der Waals surface area (Å²) in [6.07, 6.45) is 0. The van der Waals surface area contributed by atoms with Crippen molar-refractivity contribution in [3.63, 3.8) is 0 Å². The molecule has 0 radical (unpaired) electrons. The molecule has 0 atom stereocenters.